The molecule has 0 atom stereocenters. The van der Waals surface area contributed by atoms with Crippen LogP contribution in [-0.2, 0) is 30.7 Å². The van der Waals surface area contributed by atoms with Crippen LogP contribution in [0.1, 0.15) is 18.5 Å². The van der Waals surface area contributed by atoms with Gasteiger partial charge in [0.15, 0.2) is 5.13 Å². The maximum Gasteiger partial charge on any atom is 0.311 e. The fraction of sp³-hybridized carbons (Fsp3) is 0.636. The molecule has 0 unspecified atom stereocenters. The summed E-state index contributed by atoms with van der Waals surface area (Å²) < 4.78 is 36.5. The average Bonchev–Trinajstić information content (AvgIpc) is 2.86. The second-order valence-electron chi connectivity index (χ2n) is 4.36. The molecule has 2 rings (SSSR count). The van der Waals surface area contributed by atoms with Crippen LogP contribution in [0.25, 0.3) is 0 Å². The van der Waals surface area contributed by atoms with Gasteiger partial charge < -0.3 is 9.47 Å². The van der Waals surface area contributed by atoms with Gasteiger partial charge in [-0.25, -0.2) is 13.4 Å². The molecule has 112 valence electrons. The van der Waals surface area contributed by atoms with E-state index >= 15 is 0 Å². The Morgan fingerprint density at radius 1 is 1.55 bits per heavy atom. The molecule has 1 saturated heterocycles. The SMILES string of the molecule is COC(=O)Cc1csc(NS(=O)(=O)C2CCOCC2)n1. The van der Waals surface area contributed by atoms with Gasteiger partial charge in [0.25, 0.3) is 0 Å². The first-order valence-electron chi connectivity index (χ1n) is 6.12. The smallest absolute Gasteiger partial charge is 0.311 e. The van der Waals surface area contributed by atoms with Gasteiger partial charge in [-0.2, -0.15) is 0 Å². The number of hydrogen-bond donors (Lipinski definition) is 1. The molecule has 1 aromatic heterocycles. The molecule has 2 heterocycles. The van der Waals surface area contributed by atoms with E-state index in [0.29, 0.717) is 31.7 Å². The fourth-order valence-electron chi connectivity index (χ4n) is 1.85. The number of methoxy groups -OCH3 is 1. The van der Waals surface area contributed by atoms with Crippen molar-refractivity contribution in [2.75, 3.05) is 25.0 Å². The molecule has 0 radical (unpaired) electrons. The summed E-state index contributed by atoms with van der Waals surface area (Å²) in [7, 11) is -2.16. The molecule has 1 aromatic rings. The maximum absolute atomic E-state index is 12.2. The first-order chi connectivity index (χ1) is 9.51. The Bertz CT molecular complexity index is 563. The fourth-order valence-corrected chi connectivity index (χ4v) is 4.21. The van der Waals surface area contributed by atoms with Crippen LogP contribution < -0.4 is 4.72 Å². The van der Waals surface area contributed by atoms with Crippen LogP contribution in [0, 0.1) is 0 Å². The van der Waals surface area contributed by atoms with E-state index in [1.54, 1.807) is 5.38 Å². The van der Waals surface area contributed by atoms with Crippen molar-refractivity contribution >= 4 is 32.5 Å². The number of ether oxygens (including phenoxy) is 2. The highest BCUT2D eigenvalue weighted by Gasteiger charge is 2.28. The molecule has 0 amide bonds. The molecule has 0 spiro atoms. The monoisotopic (exact) mass is 320 g/mol. The van der Waals surface area contributed by atoms with Crippen LogP contribution in [0.5, 0.6) is 0 Å². The average molecular weight is 320 g/mol. The topological polar surface area (TPSA) is 94.6 Å². The molecule has 0 aliphatic carbocycles. The summed E-state index contributed by atoms with van der Waals surface area (Å²) in [6.07, 6.45) is 0.997. The molecule has 7 nitrogen and oxygen atoms in total. The summed E-state index contributed by atoms with van der Waals surface area (Å²) in [6, 6.07) is 0. The van der Waals surface area contributed by atoms with Crippen molar-refractivity contribution < 1.29 is 22.7 Å². The Morgan fingerprint density at radius 3 is 2.90 bits per heavy atom. The van der Waals surface area contributed by atoms with Gasteiger partial charge in [-0.1, -0.05) is 0 Å². The Balaban J connectivity index is 2.00. The number of hydrogen-bond acceptors (Lipinski definition) is 7. The van der Waals surface area contributed by atoms with E-state index in [2.05, 4.69) is 14.4 Å². The minimum atomic E-state index is -3.46. The Morgan fingerprint density at radius 2 is 2.25 bits per heavy atom. The highest BCUT2D eigenvalue weighted by Crippen LogP contribution is 2.22. The normalized spacial score (nSPS) is 16.9. The van der Waals surface area contributed by atoms with Gasteiger partial charge in [0.05, 0.1) is 24.5 Å². The van der Waals surface area contributed by atoms with Crippen LogP contribution in [-0.4, -0.2) is 44.9 Å². The van der Waals surface area contributed by atoms with Gasteiger partial charge in [0, 0.05) is 18.6 Å². The van der Waals surface area contributed by atoms with Crippen LogP contribution in [0.4, 0.5) is 5.13 Å². The van der Waals surface area contributed by atoms with E-state index in [4.69, 9.17) is 4.74 Å². The van der Waals surface area contributed by atoms with Crippen LogP contribution in [0.15, 0.2) is 5.38 Å². The molecule has 20 heavy (non-hydrogen) atoms. The van der Waals surface area contributed by atoms with Gasteiger partial charge in [0.1, 0.15) is 0 Å². The lowest BCUT2D eigenvalue weighted by Gasteiger charge is -2.21. The van der Waals surface area contributed by atoms with Gasteiger partial charge in [-0.15, -0.1) is 11.3 Å². The zero-order valence-corrected chi connectivity index (χ0v) is 12.6. The summed E-state index contributed by atoms with van der Waals surface area (Å²) in [4.78, 5) is 15.2. The summed E-state index contributed by atoms with van der Waals surface area (Å²) in [5.41, 5.74) is 0.492. The second kappa shape index (κ2) is 6.51. The van der Waals surface area contributed by atoms with E-state index < -0.39 is 21.2 Å². The van der Waals surface area contributed by atoms with Crippen molar-refractivity contribution in [2.45, 2.75) is 24.5 Å². The van der Waals surface area contributed by atoms with E-state index in [1.165, 1.54) is 7.11 Å². The molecular weight excluding hydrogens is 304 g/mol. The zero-order chi connectivity index (χ0) is 14.6. The second-order valence-corrected chi connectivity index (χ2v) is 7.17. The number of rotatable bonds is 5. The number of nitrogens with one attached hydrogen (secondary N) is 1. The molecule has 0 bridgehead atoms. The number of carbonyl (C=O) groups excluding carboxylic acids is 1. The van der Waals surface area contributed by atoms with Crippen molar-refractivity contribution in [1.29, 1.82) is 0 Å². The number of anilines is 1. The van der Waals surface area contributed by atoms with E-state index in [0.717, 1.165) is 11.3 Å². The highest BCUT2D eigenvalue weighted by molar-refractivity contribution is 7.93. The molecule has 1 aliphatic heterocycles. The summed E-state index contributed by atoms with van der Waals surface area (Å²) in [5, 5.41) is 1.46. The molecular formula is C11H16N2O5S2. The van der Waals surface area contributed by atoms with E-state index in [-0.39, 0.29) is 11.6 Å². The third-order valence-corrected chi connectivity index (χ3v) is 5.70. The van der Waals surface area contributed by atoms with Crippen LogP contribution >= 0.6 is 11.3 Å². The predicted octanol–water partition coefficient (Wildman–Crippen LogP) is 0.779. The predicted molar refractivity (Wildman–Crippen MR) is 74.2 cm³/mol. The molecule has 1 aliphatic rings. The lowest BCUT2D eigenvalue weighted by molar-refractivity contribution is -0.139. The number of aromatic nitrogens is 1. The standard InChI is InChI=1S/C11H16N2O5S2/c1-17-10(14)6-8-7-19-11(12-8)13-20(15,16)9-2-4-18-5-3-9/h7,9H,2-6H2,1H3,(H,12,13). The number of esters is 1. The number of carbonyl (C=O) groups is 1. The lowest BCUT2D eigenvalue weighted by Crippen LogP contribution is -2.33. The zero-order valence-electron chi connectivity index (χ0n) is 11.0. The summed E-state index contributed by atoms with van der Waals surface area (Å²) >= 11 is 1.15. The van der Waals surface area contributed by atoms with Crippen molar-refractivity contribution in [3.63, 3.8) is 0 Å². The number of nitrogens with zero attached hydrogens (tertiary/aromatic N) is 1. The van der Waals surface area contributed by atoms with Crippen molar-refractivity contribution in [2.24, 2.45) is 0 Å². The first-order valence-corrected chi connectivity index (χ1v) is 8.54. The van der Waals surface area contributed by atoms with Crippen molar-refractivity contribution in [1.82, 2.24) is 4.98 Å². The molecule has 1 fully saturated rings. The summed E-state index contributed by atoms with van der Waals surface area (Å²) in [5.74, 6) is -0.408. The van der Waals surface area contributed by atoms with Gasteiger partial charge in [-0.3, -0.25) is 9.52 Å². The van der Waals surface area contributed by atoms with Gasteiger partial charge in [0.2, 0.25) is 10.0 Å². The van der Waals surface area contributed by atoms with Crippen molar-refractivity contribution in [3.8, 4) is 0 Å². The van der Waals surface area contributed by atoms with E-state index in [9.17, 15) is 13.2 Å². The van der Waals surface area contributed by atoms with E-state index in [1.807, 2.05) is 0 Å². The lowest BCUT2D eigenvalue weighted by atomic mass is 10.2. The molecule has 0 aromatic carbocycles. The molecule has 9 heteroatoms. The third-order valence-electron chi connectivity index (χ3n) is 2.94. The maximum atomic E-state index is 12.2. The minimum Gasteiger partial charge on any atom is -0.469 e. The quantitative estimate of drug-likeness (QED) is 0.806. The van der Waals surface area contributed by atoms with Gasteiger partial charge >= 0.3 is 5.97 Å². The van der Waals surface area contributed by atoms with Crippen LogP contribution in [0.2, 0.25) is 0 Å². The third kappa shape index (κ3) is 3.90. The Labute approximate surface area is 121 Å². The molecule has 1 N–H and O–H groups in total. The number of sulfonamides is 1. The number of thiazole rings is 1. The first kappa shape index (κ1) is 15.2. The Hall–Kier alpha value is -1.19. The minimum absolute atomic E-state index is 0.0337. The Kier molecular flexibility index (Phi) is 4.95. The van der Waals surface area contributed by atoms with Crippen molar-refractivity contribution in [3.05, 3.63) is 11.1 Å². The molecule has 0 saturated carbocycles. The van der Waals surface area contributed by atoms with Gasteiger partial charge in [-0.05, 0) is 12.8 Å². The highest BCUT2D eigenvalue weighted by atomic mass is 32.2. The van der Waals surface area contributed by atoms with Crippen LogP contribution in [0.3, 0.4) is 0 Å². The largest absolute Gasteiger partial charge is 0.469 e. The summed E-state index contributed by atoms with van der Waals surface area (Å²) in [6.45, 7) is 0.911.